The minimum Gasteiger partial charge on any atom is -0.507 e. The predicted molar refractivity (Wildman–Crippen MR) is 62.3 cm³/mol. The zero-order valence-corrected chi connectivity index (χ0v) is 8.84. The molecule has 0 saturated heterocycles. The molecular formula is C13H9FN2O. The van der Waals surface area contributed by atoms with Gasteiger partial charge >= 0.3 is 0 Å². The molecule has 2 heterocycles. The summed E-state index contributed by atoms with van der Waals surface area (Å²) in [5.41, 5.74) is 1.94. The molecule has 0 aliphatic heterocycles. The van der Waals surface area contributed by atoms with Gasteiger partial charge in [-0.1, -0.05) is 12.1 Å². The van der Waals surface area contributed by atoms with E-state index in [0.717, 1.165) is 0 Å². The molecular weight excluding hydrogens is 219 g/mol. The van der Waals surface area contributed by atoms with Crippen LogP contribution in [0.4, 0.5) is 4.39 Å². The Kier molecular flexibility index (Phi) is 2.08. The molecule has 0 aliphatic rings. The summed E-state index contributed by atoms with van der Waals surface area (Å²) in [6, 6.07) is 9.86. The zero-order valence-electron chi connectivity index (χ0n) is 8.84. The van der Waals surface area contributed by atoms with Gasteiger partial charge in [0.1, 0.15) is 17.2 Å². The van der Waals surface area contributed by atoms with E-state index in [1.54, 1.807) is 34.9 Å². The number of phenolic OH excluding ortho intramolecular Hbond substituents is 1. The van der Waals surface area contributed by atoms with Gasteiger partial charge in [-0.15, -0.1) is 0 Å². The second-order valence-electron chi connectivity index (χ2n) is 3.74. The highest BCUT2D eigenvalue weighted by atomic mass is 19.1. The minimum atomic E-state index is -0.341. The van der Waals surface area contributed by atoms with Crippen LogP contribution < -0.4 is 0 Å². The standard InChI is InChI=1S/C13H9FN2O/c14-9-5-6-13-15-7-11(16(13)8-9)10-3-1-2-4-12(10)17/h1-8,17H. The first-order valence-corrected chi connectivity index (χ1v) is 5.17. The number of pyridine rings is 1. The fraction of sp³-hybridized carbons (Fsp3) is 0. The second kappa shape index (κ2) is 3.59. The van der Waals surface area contributed by atoms with E-state index in [1.165, 1.54) is 12.3 Å². The summed E-state index contributed by atoms with van der Waals surface area (Å²) in [6.07, 6.45) is 2.97. The predicted octanol–water partition coefficient (Wildman–Crippen LogP) is 2.85. The van der Waals surface area contributed by atoms with Gasteiger partial charge in [0, 0.05) is 11.8 Å². The molecule has 3 rings (SSSR count). The third kappa shape index (κ3) is 1.54. The first kappa shape index (κ1) is 9.84. The van der Waals surface area contributed by atoms with Crippen LogP contribution in [-0.4, -0.2) is 14.5 Å². The van der Waals surface area contributed by atoms with E-state index >= 15 is 0 Å². The molecule has 0 atom stereocenters. The molecule has 0 unspecified atom stereocenters. The summed E-state index contributed by atoms with van der Waals surface area (Å²) in [6.45, 7) is 0. The number of rotatable bonds is 1. The van der Waals surface area contributed by atoms with Crippen LogP contribution in [0.1, 0.15) is 0 Å². The maximum atomic E-state index is 13.2. The van der Waals surface area contributed by atoms with E-state index in [4.69, 9.17) is 0 Å². The van der Waals surface area contributed by atoms with Crippen molar-refractivity contribution >= 4 is 5.65 Å². The Balaban J connectivity index is 2.31. The van der Waals surface area contributed by atoms with Crippen molar-refractivity contribution in [3.05, 3.63) is 54.6 Å². The zero-order chi connectivity index (χ0) is 11.8. The molecule has 84 valence electrons. The van der Waals surface area contributed by atoms with Gasteiger partial charge in [-0.3, -0.25) is 4.40 Å². The van der Waals surface area contributed by atoms with Crippen molar-refractivity contribution in [2.45, 2.75) is 0 Å². The number of benzene rings is 1. The van der Waals surface area contributed by atoms with E-state index in [1.807, 2.05) is 6.07 Å². The molecule has 4 heteroatoms. The molecule has 0 aliphatic carbocycles. The van der Waals surface area contributed by atoms with E-state index in [9.17, 15) is 9.50 Å². The van der Waals surface area contributed by atoms with Gasteiger partial charge in [-0.25, -0.2) is 9.37 Å². The number of aromatic nitrogens is 2. The molecule has 0 spiro atoms. The number of halogens is 1. The molecule has 0 bridgehead atoms. The number of nitrogens with zero attached hydrogens (tertiary/aromatic N) is 2. The lowest BCUT2D eigenvalue weighted by Crippen LogP contribution is -1.89. The second-order valence-corrected chi connectivity index (χ2v) is 3.74. The first-order valence-electron chi connectivity index (χ1n) is 5.17. The molecule has 3 nitrogen and oxygen atoms in total. The number of para-hydroxylation sites is 1. The molecule has 0 saturated carbocycles. The maximum Gasteiger partial charge on any atom is 0.139 e. The monoisotopic (exact) mass is 228 g/mol. The highest BCUT2D eigenvalue weighted by molar-refractivity contribution is 5.69. The number of hydrogen-bond donors (Lipinski definition) is 1. The van der Waals surface area contributed by atoms with Crippen LogP contribution >= 0.6 is 0 Å². The lowest BCUT2D eigenvalue weighted by Gasteiger charge is -2.04. The maximum absolute atomic E-state index is 13.2. The Bertz CT molecular complexity index is 691. The molecule has 0 radical (unpaired) electrons. The Morgan fingerprint density at radius 3 is 2.76 bits per heavy atom. The van der Waals surface area contributed by atoms with Crippen molar-refractivity contribution in [2.24, 2.45) is 0 Å². The van der Waals surface area contributed by atoms with Gasteiger partial charge in [0.25, 0.3) is 0 Å². The fourth-order valence-electron chi connectivity index (χ4n) is 1.84. The largest absolute Gasteiger partial charge is 0.507 e. The average molecular weight is 228 g/mol. The number of aromatic hydroxyl groups is 1. The summed E-state index contributed by atoms with van der Waals surface area (Å²) in [4.78, 5) is 4.16. The molecule has 0 amide bonds. The van der Waals surface area contributed by atoms with Crippen LogP contribution in [0.2, 0.25) is 0 Å². The summed E-state index contributed by atoms with van der Waals surface area (Å²) < 4.78 is 14.8. The number of imidazole rings is 1. The first-order chi connectivity index (χ1) is 8.25. The highest BCUT2D eigenvalue weighted by Crippen LogP contribution is 2.29. The number of phenols is 1. The van der Waals surface area contributed by atoms with E-state index in [-0.39, 0.29) is 11.6 Å². The Morgan fingerprint density at radius 2 is 1.94 bits per heavy atom. The van der Waals surface area contributed by atoms with Crippen molar-refractivity contribution in [3.8, 4) is 17.0 Å². The number of fused-ring (bicyclic) bond motifs is 1. The summed E-state index contributed by atoms with van der Waals surface area (Å²) in [5.74, 6) is -0.189. The van der Waals surface area contributed by atoms with E-state index < -0.39 is 0 Å². The summed E-state index contributed by atoms with van der Waals surface area (Å²) in [5, 5.41) is 9.78. The Morgan fingerprint density at radius 1 is 1.12 bits per heavy atom. The molecule has 1 aromatic carbocycles. The van der Waals surface area contributed by atoms with Crippen LogP contribution in [0.15, 0.2) is 48.8 Å². The van der Waals surface area contributed by atoms with Crippen LogP contribution in [0, 0.1) is 5.82 Å². The van der Waals surface area contributed by atoms with Crippen molar-refractivity contribution in [2.75, 3.05) is 0 Å². The van der Waals surface area contributed by atoms with Crippen molar-refractivity contribution in [3.63, 3.8) is 0 Å². The van der Waals surface area contributed by atoms with Crippen molar-refractivity contribution in [1.82, 2.24) is 9.38 Å². The minimum absolute atomic E-state index is 0.151. The highest BCUT2D eigenvalue weighted by Gasteiger charge is 2.09. The van der Waals surface area contributed by atoms with Gasteiger partial charge in [-0.2, -0.15) is 0 Å². The van der Waals surface area contributed by atoms with E-state index in [0.29, 0.717) is 16.9 Å². The summed E-state index contributed by atoms with van der Waals surface area (Å²) >= 11 is 0. The molecule has 1 N–H and O–H groups in total. The van der Waals surface area contributed by atoms with Crippen LogP contribution in [-0.2, 0) is 0 Å². The molecule has 2 aromatic heterocycles. The van der Waals surface area contributed by atoms with Gasteiger partial charge in [0.05, 0.1) is 11.9 Å². The lowest BCUT2D eigenvalue weighted by atomic mass is 10.1. The van der Waals surface area contributed by atoms with Crippen molar-refractivity contribution in [1.29, 1.82) is 0 Å². The number of hydrogen-bond acceptors (Lipinski definition) is 2. The van der Waals surface area contributed by atoms with Crippen LogP contribution in [0.5, 0.6) is 5.75 Å². The quantitative estimate of drug-likeness (QED) is 0.695. The molecule has 17 heavy (non-hydrogen) atoms. The lowest BCUT2D eigenvalue weighted by molar-refractivity contribution is 0.477. The molecule has 3 aromatic rings. The topological polar surface area (TPSA) is 37.5 Å². The third-order valence-corrected chi connectivity index (χ3v) is 2.65. The summed E-state index contributed by atoms with van der Waals surface area (Å²) in [7, 11) is 0. The van der Waals surface area contributed by atoms with Gasteiger partial charge in [0.15, 0.2) is 0 Å². The van der Waals surface area contributed by atoms with Crippen LogP contribution in [0.25, 0.3) is 16.9 Å². The fourth-order valence-corrected chi connectivity index (χ4v) is 1.84. The van der Waals surface area contributed by atoms with Crippen molar-refractivity contribution < 1.29 is 9.50 Å². The van der Waals surface area contributed by atoms with E-state index in [2.05, 4.69) is 4.98 Å². The Labute approximate surface area is 96.8 Å². The van der Waals surface area contributed by atoms with Gasteiger partial charge in [-0.05, 0) is 24.3 Å². The van der Waals surface area contributed by atoms with Gasteiger partial charge in [0.2, 0.25) is 0 Å². The Hall–Kier alpha value is -2.36. The smallest absolute Gasteiger partial charge is 0.139 e. The SMILES string of the molecule is Oc1ccccc1-c1cnc2ccc(F)cn12. The average Bonchev–Trinajstić information content (AvgIpc) is 2.72. The normalized spacial score (nSPS) is 10.9. The third-order valence-electron chi connectivity index (χ3n) is 2.65. The van der Waals surface area contributed by atoms with Gasteiger partial charge < -0.3 is 5.11 Å². The molecule has 0 fully saturated rings. The van der Waals surface area contributed by atoms with Crippen LogP contribution in [0.3, 0.4) is 0 Å².